The van der Waals surface area contributed by atoms with Gasteiger partial charge in [-0.15, -0.1) is 0 Å². The molecular formula is C67H146FN15O. The van der Waals surface area contributed by atoms with Crippen LogP contribution in [0, 0.1) is 0 Å². The quantitative estimate of drug-likeness (QED) is 0.119. The molecule has 0 aromatic heterocycles. The Labute approximate surface area is 521 Å². The second-order valence-corrected chi connectivity index (χ2v) is 28.2. The van der Waals surface area contributed by atoms with Crippen molar-refractivity contribution in [2.75, 3.05) is 158 Å². The van der Waals surface area contributed by atoms with E-state index in [1.54, 1.807) is 0 Å². The minimum absolute atomic E-state index is 0.0324. The van der Waals surface area contributed by atoms with Crippen LogP contribution in [0.3, 0.4) is 0 Å². The summed E-state index contributed by atoms with van der Waals surface area (Å²) in [5.41, 5.74) is 11.9. The number of aliphatic hydroxyl groups excluding tert-OH is 1. The predicted molar refractivity (Wildman–Crippen MR) is 365 cm³/mol. The summed E-state index contributed by atoms with van der Waals surface area (Å²) in [6.45, 7) is 67.2. The average molecular weight is 1200 g/mol. The zero-order valence-electron chi connectivity index (χ0n) is 59.3. The smallest absolute Gasteiger partial charge is 0.114 e. The van der Waals surface area contributed by atoms with Crippen molar-refractivity contribution >= 4 is 0 Å². The fraction of sp³-hybridized carbons (Fsp3) is 0.970. The predicted octanol–water partition coefficient (Wildman–Crippen LogP) is 7.13. The molecule has 8 aliphatic rings. The maximum Gasteiger partial charge on any atom is 0.114 e. The first-order chi connectivity index (χ1) is 39.6. The number of nitrogens with two attached hydrogens (primary N) is 2. The van der Waals surface area contributed by atoms with Gasteiger partial charge in [0.2, 0.25) is 0 Å². The highest BCUT2D eigenvalue weighted by molar-refractivity contribution is 5.13. The van der Waals surface area contributed by atoms with Crippen molar-refractivity contribution < 1.29 is 9.50 Å². The summed E-state index contributed by atoms with van der Waals surface area (Å²) in [5, 5.41) is 22.8. The molecule has 4 atom stereocenters. The lowest BCUT2D eigenvalue weighted by atomic mass is 10.0. The maximum atomic E-state index is 13.2. The van der Waals surface area contributed by atoms with Crippen LogP contribution in [0.15, 0.2) is 11.4 Å². The Morgan fingerprint density at radius 1 is 0.500 bits per heavy atom. The molecule has 17 heteroatoms. The van der Waals surface area contributed by atoms with Crippen molar-refractivity contribution in [3.05, 3.63) is 11.4 Å². The third kappa shape index (κ3) is 36.6. The van der Waals surface area contributed by atoms with Gasteiger partial charge in [-0.1, -0.05) is 0 Å². The summed E-state index contributed by atoms with van der Waals surface area (Å²) in [5.74, 6) is -0.106. The van der Waals surface area contributed by atoms with Crippen LogP contribution in [0.1, 0.15) is 183 Å². The van der Waals surface area contributed by atoms with E-state index < -0.39 is 0 Å². The normalized spacial score (nSPS) is 26.4. The van der Waals surface area contributed by atoms with Gasteiger partial charge in [0.25, 0.3) is 0 Å². The van der Waals surface area contributed by atoms with E-state index >= 15 is 0 Å². The van der Waals surface area contributed by atoms with Gasteiger partial charge in [-0.25, -0.2) is 4.39 Å². The van der Waals surface area contributed by atoms with Crippen LogP contribution in [0.2, 0.25) is 0 Å². The first-order valence-corrected chi connectivity index (χ1v) is 34.6. The molecule has 8 saturated heterocycles. The van der Waals surface area contributed by atoms with Crippen molar-refractivity contribution in [1.29, 1.82) is 0 Å². The van der Waals surface area contributed by atoms with E-state index in [9.17, 15) is 9.50 Å². The minimum atomic E-state index is -0.106. The minimum Gasteiger partial charge on any atom is -0.393 e. The SMILES string of the molecule is CC(C)N1CCC(N)CC1.CC(C)N1CCC(O)CC1.CC(C)N1CCC/C(=C(\F)CN)C1.CC(C)N1CCN(C)CC1.CC(C)N1CCNCC1.CC(C)N1C[C@@H](C)N[C@@H](C)C1.CC1CN(C(C)C)CCN1.CNC1CCCN(C(C)C)C1. The van der Waals surface area contributed by atoms with Gasteiger partial charge in [0.05, 0.1) is 6.10 Å². The van der Waals surface area contributed by atoms with E-state index in [0.29, 0.717) is 60.4 Å². The largest absolute Gasteiger partial charge is 0.393 e. The maximum absolute atomic E-state index is 13.2. The lowest BCUT2D eigenvalue weighted by molar-refractivity contribution is 0.0685. The fourth-order valence-corrected chi connectivity index (χ4v) is 12.0. The van der Waals surface area contributed by atoms with Crippen molar-refractivity contribution in [3.63, 3.8) is 0 Å². The molecule has 16 nitrogen and oxygen atoms in total. The number of piperidine rings is 4. The van der Waals surface area contributed by atoms with Gasteiger partial charge < -0.3 is 52.5 Å². The van der Waals surface area contributed by atoms with Gasteiger partial charge in [-0.2, -0.15) is 0 Å². The van der Waals surface area contributed by atoms with Gasteiger partial charge in [0.15, 0.2) is 0 Å². The molecule has 8 aliphatic heterocycles. The van der Waals surface area contributed by atoms with Gasteiger partial charge in [0, 0.05) is 196 Å². The summed E-state index contributed by atoms with van der Waals surface area (Å²) >= 11 is 0. The van der Waals surface area contributed by atoms with Crippen LogP contribution in [0.5, 0.6) is 0 Å². The Morgan fingerprint density at radius 3 is 1.32 bits per heavy atom. The lowest BCUT2D eigenvalue weighted by Gasteiger charge is -2.38. The molecule has 0 bridgehead atoms. The van der Waals surface area contributed by atoms with Crippen molar-refractivity contribution in [3.8, 4) is 0 Å². The first kappa shape index (κ1) is 81.0. The zero-order chi connectivity index (χ0) is 63.5. The van der Waals surface area contributed by atoms with E-state index in [0.717, 1.165) is 95.2 Å². The highest BCUT2D eigenvalue weighted by Gasteiger charge is 2.24. The standard InChI is InChI=1S/C10H19FN2.2C9H20N2.3C8H18N2.C8H17NO.C7H16N2/c1-8(2)13-5-3-4-9(7-13)10(11)6-12;1-7(2)11-5-8(3)10-9(4)6-11;1-8(2)11-6-4-5-9(7-11)10-3;1-8(2)10-6-4-9(3)5-7-10;1-7(2)10-5-4-9-8(3)6-10;1-7(2)10-5-3-8(9)4-6-10;1-7(2)9-5-3-8(10)4-6-9;1-7(2)9-5-3-8-4-6-9/h8H,3-7,12H2,1-2H3;7-10H,5-6H2,1-4H3;8-10H,4-7H2,1-3H3;8H,4-7H2,1-3H3;7-9H,4-6H2,1-3H3;7-8H,3-6,9H2,1-2H3;7-8,10H,3-6H2,1-2H3;7-8H,3-6H2,1-2H3/b10-9+;;;;;;;/t;8-,9+;;;;;;. The zero-order valence-corrected chi connectivity index (χ0v) is 59.3. The van der Waals surface area contributed by atoms with Crippen LogP contribution in [0.25, 0.3) is 0 Å². The second-order valence-electron chi connectivity index (χ2n) is 28.2. The number of aliphatic hydroxyl groups is 1. The number of likely N-dealkylation sites (N-methyl/N-ethyl adjacent to an activating group) is 2. The molecule has 0 aliphatic carbocycles. The number of rotatable bonds is 10. The average Bonchev–Trinajstić information content (AvgIpc) is 3.59. The molecule has 8 fully saturated rings. The Morgan fingerprint density at radius 2 is 0.905 bits per heavy atom. The van der Waals surface area contributed by atoms with Crippen LogP contribution in [0.4, 0.5) is 4.39 Å². The highest BCUT2D eigenvalue weighted by atomic mass is 19.1. The van der Waals surface area contributed by atoms with Crippen molar-refractivity contribution in [2.45, 2.75) is 268 Å². The molecule has 0 aromatic rings. The van der Waals surface area contributed by atoms with Gasteiger partial charge >= 0.3 is 0 Å². The molecule has 2 unspecified atom stereocenters. The highest BCUT2D eigenvalue weighted by Crippen LogP contribution is 2.21. The van der Waals surface area contributed by atoms with E-state index in [-0.39, 0.29) is 18.5 Å². The molecule has 502 valence electrons. The summed E-state index contributed by atoms with van der Waals surface area (Å²) in [6, 6.07) is 8.61. The van der Waals surface area contributed by atoms with Gasteiger partial charge in [-0.05, 0) is 229 Å². The van der Waals surface area contributed by atoms with Gasteiger partial charge in [0.1, 0.15) is 5.83 Å². The summed E-state index contributed by atoms with van der Waals surface area (Å²) in [7, 11) is 4.26. The Kier molecular flexibility index (Phi) is 44.5. The van der Waals surface area contributed by atoms with Crippen LogP contribution < -0.4 is 32.7 Å². The number of piperazine rings is 4. The fourth-order valence-electron chi connectivity index (χ4n) is 12.0. The Balaban J connectivity index is 0.000000481. The molecule has 0 amide bonds. The second kappa shape index (κ2) is 46.2. The summed E-state index contributed by atoms with van der Waals surface area (Å²) < 4.78 is 13.2. The first-order valence-electron chi connectivity index (χ1n) is 34.6. The molecule has 9 N–H and O–H groups in total. The van der Waals surface area contributed by atoms with Crippen LogP contribution in [-0.4, -0.2) is 292 Å². The summed E-state index contributed by atoms with van der Waals surface area (Å²) in [6.07, 6.45) is 8.87. The van der Waals surface area contributed by atoms with E-state index in [4.69, 9.17) is 11.5 Å². The van der Waals surface area contributed by atoms with Crippen LogP contribution in [-0.2, 0) is 0 Å². The van der Waals surface area contributed by atoms with Crippen LogP contribution >= 0.6 is 0 Å². The third-order valence-electron chi connectivity index (χ3n) is 18.3. The number of nitrogens with one attached hydrogen (secondary N) is 4. The van der Waals surface area contributed by atoms with Crippen molar-refractivity contribution in [1.82, 2.24) is 65.4 Å². The molecular weight excluding hydrogens is 1050 g/mol. The number of nitrogens with zero attached hydrogens (tertiary/aromatic N) is 9. The molecule has 0 radical (unpaired) electrons. The Hall–Kier alpha value is -0.970. The molecule has 0 saturated carbocycles. The topological polar surface area (TPSA) is 150 Å². The van der Waals surface area contributed by atoms with E-state index in [2.05, 4.69) is 211 Å². The molecule has 0 spiro atoms. The summed E-state index contributed by atoms with van der Waals surface area (Å²) in [4.78, 5) is 22.2. The Bertz CT molecular complexity index is 1500. The number of hydrogen-bond acceptors (Lipinski definition) is 16. The third-order valence-corrected chi connectivity index (χ3v) is 18.3. The van der Waals surface area contributed by atoms with Crippen molar-refractivity contribution in [2.24, 2.45) is 11.5 Å². The molecule has 8 rings (SSSR count). The molecule has 0 aromatic carbocycles. The molecule has 8 heterocycles. The lowest BCUT2D eigenvalue weighted by Crippen LogP contribution is -2.55. The monoisotopic (exact) mass is 1200 g/mol. The molecule has 84 heavy (non-hydrogen) atoms. The number of hydrogen-bond donors (Lipinski definition) is 7. The number of halogens is 1. The van der Waals surface area contributed by atoms with E-state index in [1.165, 1.54) is 117 Å². The van der Waals surface area contributed by atoms with Gasteiger partial charge in [-0.3, -0.25) is 29.4 Å². The number of likely N-dealkylation sites (tertiary alicyclic amines) is 4. The van der Waals surface area contributed by atoms with E-state index in [1.807, 2.05) is 0 Å².